The van der Waals surface area contributed by atoms with Crippen molar-refractivity contribution in [3.05, 3.63) is 60.7 Å². The van der Waals surface area contributed by atoms with Crippen LogP contribution in [0.5, 0.6) is 0 Å². The van der Waals surface area contributed by atoms with E-state index in [1.807, 2.05) is 60.7 Å². The van der Waals surface area contributed by atoms with Gasteiger partial charge in [-0.25, -0.2) is 0 Å². The number of aliphatic hydroxyl groups excluding tert-OH is 2. The molecule has 4 heteroatoms. The maximum absolute atomic E-state index is 8.47. The second-order valence-corrected chi connectivity index (χ2v) is 4.03. The minimum atomic E-state index is 0.175. The third-order valence-corrected chi connectivity index (χ3v) is 2.43. The highest BCUT2D eigenvalue weighted by Crippen LogP contribution is 2.03. The molecule has 0 atom stereocenters. The molecule has 4 nitrogen and oxygen atoms in total. The largest absolute Gasteiger partial charge is 0.395 e. The van der Waals surface area contributed by atoms with Gasteiger partial charge in [0.15, 0.2) is 0 Å². The van der Waals surface area contributed by atoms with Gasteiger partial charge < -0.3 is 20.8 Å². The number of nitrogens with one attached hydrogen (secondary N) is 2. The number of hydrogen-bond donors (Lipinski definition) is 4. The lowest BCUT2D eigenvalue weighted by Crippen LogP contribution is -2.04. The molecule has 0 radical (unpaired) electrons. The summed E-state index contributed by atoms with van der Waals surface area (Å²) in [6.45, 7) is 1.58. The zero-order valence-corrected chi connectivity index (χ0v) is 11.5. The Morgan fingerprint density at radius 2 is 0.950 bits per heavy atom. The summed E-state index contributed by atoms with van der Waals surface area (Å²) in [5, 5.41) is 23.0. The van der Waals surface area contributed by atoms with Crippen molar-refractivity contribution in [1.29, 1.82) is 0 Å². The molecule has 108 valence electrons. The van der Waals surface area contributed by atoms with E-state index in [-0.39, 0.29) is 13.2 Å². The molecule has 2 aromatic carbocycles. The van der Waals surface area contributed by atoms with Gasteiger partial charge in [0.1, 0.15) is 0 Å². The Labute approximate surface area is 120 Å². The van der Waals surface area contributed by atoms with Gasteiger partial charge in [-0.15, -0.1) is 0 Å². The van der Waals surface area contributed by atoms with Gasteiger partial charge in [0.25, 0.3) is 0 Å². The molecule has 0 fully saturated rings. The first-order valence-corrected chi connectivity index (χ1v) is 6.66. The lowest BCUT2D eigenvalue weighted by molar-refractivity contribution is 0.311. The maximum atomic E-state index is 8.47. The number of rotatable bonds is 6. The topological polar surface area (TPSA) is 64.5 Å². The summed E-state index contributed by atoms with van der Waals surface area (Å²) in [5.41, 5.74) is 2.10. The molecule has 2 rings (SSSR count). The molecule has 4 N–H and O–H groups in total. The highest BCUT2D eigenvalue weighted by atomic mass is 16.3. The monoisotopic (exact) mass is 274 g/mol. The molecule has 20 heavy (non-hydrogen) atoms. The van der Waals surface area contributed by atoms with Gasteiger partial charge in [0.2, 0.25) is 0 Å². The van der Waals surface area contributed by atoms with E-state index >= 15 is 0 Å². The number of aliphatic hydroxyl groups is 2. The van der Waals surface area contributed by atoms with Gasteiger partial charge in [-0.2, -0.15) is 0 Å². The van der Waals surface area contributed by atoms with Gasteiger partial charge in [0.05, 0.1) is 13.2 Å². The lowest BCUT2D eigenvalue weighted by Gasteiger charge is -2.01. The quantitative estimate of drug-likeness (QED) is 0.652. The normalized spacial score (nSPS) is 9.30. The summed E-state index contributed by atoms with van der Waals surface area (Å²) >= 11 is 0. The second-order valence-electron chi connectivity index (χ2n) is 4.03. The Kier molecular flexibility index (Phi) is 8.68. The molecule has 0 heterocycles. The number of hydrogen-bond acceptors (Lipinski definition) is 4. The summed E-state index contributed by atoms with van der Waals surface area (Å²) in [7, 11) is 0. The highest BCUT2D eigenvalue weighted by molar-refractivity contribution is 5.42. The lowest BCUT2D eigenvalue weighted by atomic mass is 10.3. The van der Waals surface area contributed by atoms with Crippen molar-refractivity contribution in [2.75, 3.05) is 36.9 Å². The first kappa shape index (κ1) is 16.0. The van der Waals surface area contributed by atoms with Crippen LogP contribution >= 0.6 is 0 Å². The van der Waals surface area contributed by atoms with Crippen molar-refractivity contribution in [3.63, 3.8) is 0 Å². The fraction of sp³-hybridized carbons (Fsp3) is 0.250. The van der Waals surface area contributed by atoms with Crippen LogP contribution in [0.4, 0.5) is 11.4 Å². The number of benzene rings is 2. The molecule has 2 aromatic rings. The van der Waals surface area contributed by atoms with Gasteiger partial charge in [-0.1, -0.05) is 36.4 Å². The Hall–Kier alpha value is -2.04. The van der Waals surface area contributed by atoms with E-state index in [2.05, 4.69) is 10.6 Å². The van der Waals surface area contributed by atoms with Crippen LogP contribution in [0.15, 0.2) is 60.7 Å². The zero-order chi connectivity index (χ0) is 14.5. The Morgan fingerprint density at radius 3 is 1.25 bits per heavy atom. The van der Waals surface area contributed by atoms with Crippen LogP contribution in [0.3, 0.4) is 0 Å². The zero-order valence-electron chi connectivity index (χ0n) is 11.5. The van der Waals surface area contributed by atoms with Crippen LogP contribution in [-0.4, -0.2) is 36.5 Å². The van der Waals surface area contributed by atoms with Crippen molar-refractivity contribution in [1.82, 2.24) is 0 Å². The van der Waals surface area contributed by atoms with Gasteiger partial charge >= 0.3 is 0 Å². The SMILES string of the molecule is OCCNc1ccccc1.OCCNc1ccccc1. The minimum Gasteiger partial charge on any atom is -0.395 e. The molecular formula is C16H22N2O2. The molecular weight excluding hydrogens is 252 g/mol. The van der Waals surface area contributed by atoms with Crippen LogP contribution in [0.2, 0.25) is 0 Å². The highest BCUT2D eigenvalue weighted by Gasteiger charge is 1.85. The van der Waals surface area contributed by atoms with E-state index in [1.54, 1.807) is 0 Å². The maximum Gasteiger partial charge on any atom is 0.0604 e. The van der Waals surface area contributed by atoms with Crippen LogP contribution in [0, 0.1) is 0 Å². The predicted molar refractivity (Wildman–Crippen MR) is 84.0 cm³/mol. The molecule has 0 aromatic heterocycles. The second kappa shape index (κ2) is 10.8. The molecule has 0 aliphatic carbocycles. The van der Waals surface area contributed by atoms with E-state index in [4.69, 9.17) is 10.2 Å². The molecule has 0 bridgehead atoms. The average molecular weight is 274 g/mol. The minimum absolute atomic E-state index is 0.175. The van der Waals surface area contributed by atoms with Crippen molar-refractivity contribution in [2.45, 2.75) is 0 Å². The van der Waals surface area contributed by atoms with E-state index in [1.165, 1.54) is 0 Å². The molecule has 0 saturated carbocycles. The summed E-state index contributed by atoms with van der Waals surface area (Å²) in [6.07, 6.45) is 0. The van der Waals surface area contributed by atoms with E-state index in [0.29, 0.717) is 13.1 Å². The summed E-state index contributed by atoms with van der Waals surface area (Å²) in [4.78, 5) is 0. The molecule has 0 saturated heterocycles. The molecule has 0 aliphatic heterocycles. The van der Waals surface area contributed by atoms with Gasteiger partial charge in [-0.3, -0.25) is 0 Å². The summed E-state index contributed by atoms with van der Waals surface area (Å²) in [5.74, 6) is 0. The first-order valence-electron chi connectivity index (χ1n) is 6.66. The van der Waals surface area contributed by atoms with E-state index < -0.39 is 0 Å². The molecule has 0 unspecified atom stereocenters. The smallest absolute Gasteiger partial charge is 0.0604 e. The van der Waals surface area contributed by atoms with E-state index in [9.17, 15) is 0 Å². The third-order valence-electron chi connectivity index (χ3n) is 2.43. The number of para-hydroxylation sites is 2. The molecule has 0 spiro atoms. The average Bonchev–Trinajstić information content (AvgIpc) is 2.53. The van der Waals surface area contributed by atoms with Crippen molar-refractivity contribution >= 4 is 11.4 Å². The van der Waals surface area contributed by atoms with E-state index in [0.717, 1.165) is 11.4 Å². The summed E-state index contributed by atoms with van der Waals surface area (Å²) < 4.78 is 0. The predicted octanol–water partition coefficient (Wildman–Crippen LogP) is 2.18. The first-order chi connectivity index (χ1) is 9.86. The van der Waals surface area contributed by atoms with Gasteiger partial charge in [-0.05, 0) is 24.3 Å². The van der Waals surface area contributed by atoms with Crippen LogP contribution in [0.25, 0.3) is 0 Å². The fourth-order valence-corrected chi connectivity index (χ4v) is 1.51. The van der Waals surface area contributed by atoms with Crippen LogP contribution in [0.1, 0.15) is 0 Å². The van der Waals surface area contributed by atoms with Crippen LogP contribution < -0.4 is 10.6 Å². The van der Waals surface area contributed by atoms with Crippen molar-refractivity contribution < 1.29 is 10.2 Å². The Bertz CT molecular complexity index is 391. The summed E-state index contributed by atoms with van der Waals surface area (Å²) in [6, 6.07) is 19.6. The van der Waals surface area contributed by atoms with Crippen molar-refractivity contribution in [3.8, 4) is 0 Å². The van der Waals surface area contributed by atoms with Gasteiger partial charge in [0, 0.05) is 24.5 Å². The Morgan fingerprint density at radius 1 is 0.600 bits per heavy atom. The Balaban J connectivity index is 0.000000200. The number of anilines is 2. The standard InChI is InChI=1S/2C8H11NO/c2*10-7-6-9-8-4-2-1-3-5-8/h2*1-5,9-10H,6-7H2. The van der Waals surface area contributed by atoms with Crippen molar-refractivity contribution in [2.24, 2.45) is 0 Å². The third kappa shape index (κ3) is 7.41. The molecule has 0 amide bonds. The molecule has 0 aliphatic rings. The fourth-order valence-electron chi connectivity index (χ4n) is 1.51. The van der Waals surface area contributed by atoms with Crippen LogP contribution in [-0.2, 0) is 0 Å².